The summed E-state index contributed by atoms with van der Waals surface area (Å²) in [5.74, 6) is -2.35. The SMILES string of the molecule is CCC1N(C)CC12CC2(F)F. The first-order chi connectivity index (χ1) is 5.03. The van der Waals surface area contributed by atoms with Crippen LogP contribution in [-0.4, -0.2) is 30.5 Å². The molecule has 0 aromatic heterocycles. The summed E-state index contributed by atoms with van der Waals surface area (Å²) >= 11 is 0. The zero-order valence-electron chi connectivity index (χ0n) is 6.90. The van der Waals surface area contributed by atoms with Gasteiger partial charge in [0.2, 0.25) is 0 Å². The molecule has 0 amide bonds. The molecule has 0 aromatic carbocycles. The van der Waals surface area contributed by atoms with Crippen LogP contribution in [-0.2, 0) is 0 Å². The van der Waals surface area contributed by atoms with Gasteiger partial charge >= 0.3 is 0 Å². The molecule has 1 nitrogen and oxygen atoms in total. The summed E-state index contributed by atoms with van der Waals surface area (Å²) in [5.41, 5.74) is -0.601. The molecule has 1 aliphatic carbocycles. The van der Waals surface area contributed by atoms with E-state index in [0.717, 1.165) is 6.42 Å². The normalized spacial score (nSPS) is 47.5. The van der Waals surface area contributed by atoms with E-state index in [0.29, 0.717) is 6.54 Å². The summed E-state index contributed by atoms with van der Waals surface area (Å²) in [4.78, 5) is 2.03. The number of hydrogen-bond acceptors (Lipinski definition) is 1. The Bertz CT molecular complexity index is 193. The highest BCUT2D eigenvalue weighted by atomic mass is 19.3. The lowest BCUT2D eigenvalue weighted by Crippen LogP contribution is -2.57. The molecule has 0 aromatic rings. The lowest BCUT2D eigenvalue weighted by Gasteiger charge is -2.46. The minimum Gasteiger partial charge on any atom is -0.302 e. The summed E-state index contributed by atoms with van der Waals surface area (Å²) in [7, 11) is 1.92. The van der Waals surface area contributed by atoms with Crippen LogP contribution in [0.1, 0.15) is 19.8 Å². The maximum absolute atomic E-state index is 12.8. The van der Waals surface area contributed by atoms with Crippen LogP contribution in [0.4, 0.5) is 8.78 Å². The highest BCUT2D eigenvalue weighted by molar-refractivity contribution is 5.22. The van der Waals surface area contributed by atoms with Crippen LogP contribution in [0.15, 0.2) is 0 Å². The van der Waals surface area contributed by atoms with E-state index in [1.165, 1.54) is 0 Å². The van der Waals surface area contributed by atoms with Crippen molar-refractivity contribution in [3.05, 3.63) is 0 Å². The van der Waals surface area contributed by atoms with E-state index in [1.54, 1.807) is 0 Å². The molecule has 2 aliphatic rings. The Morgan fingerprint density at radius 2 is 2.09 bits per heavy atom. The molecule has 0 bridgehead atoms. The highest BCUT2D eigenvalue weighted by Gasteiger charge is 2.79. The van der Waals surface area contributed by atoms with Crippen molar-refractivity contribution in [1.82, 2.24) is 4.90 Å². The third-order valence-corrected chi connectivity index (χ3v) is 3.23. The Labute approximate surface area is 65.4 Å². The van der Waals surface area contributed by atoms with Crippen LogP contribution >= 0.6 is 0 Å². The van der Waals surface area contributed by atoms with Gasteiger partial charge in [0, 0.05) is 19.0 Å². The third kappa shape index (κ3) is 0.675. The van der Waals surface area contributed by atoms with Gasteiger partial charge in [-0.3, -0.25) is 0 Å². The average Bonchev–Trinajstić information content (AvgIpc) is 2.37. The molecule has 0 radical (unpaired) electrons. The Hall–Kier alpha value is -0.180. The van der Waals surface area contributed by atoms with Crippen molar-refractivity contribution in [2.24, 2.45) is 5.41 Å². The maximum Gasteiger partial charge on any atom is 0.257 e. The molecule has 0 N–H and O–H groups in total. The number of halogens is 2. The Kier molecular flexibility index (Phi) is 1.20. The Morgan fingerprint density at radius 1 is 1.55 bits per heavy atom. The predicted octanol–water partition coefficient (Wildman–Crippen LogP) is 1.74. The monoisotopic (exact) mass is 161 g/mol. The summed E-state index contributed by atoms with van der Waals surface area (Å²) in [6.45, 7) is 2.58. The van der Waals surface area contributed by atoms with Gasteiger partial charge in [0.15, 0.2) is 0 Å². The molecule has 2 fully saturated rings. The number of alkyl halides is 2. The van der Waals surface area contributed by atoms with Gasteiger partial charge in [-0.1, -0.05) is 6.92 Å². The van der Waals surface area contributed by atoms with Gasteiger partial charge < -0.3 is 4.90 Å². The van der Waals surface area contributed by atoms with Gasteiger partial charge in [0.1, 0.15) is 0 Å². The molecule has 2 unspecified atom stereocenters. The molecule has 1 saturated heterocycles. The fourth-order valence-electron chi connectivity index (χ4n) is 2.56. The number of likely N-dealkylation sites (tertiary alicyclic amines) is 1. The first-order valence-corrected chi connectivity index (χ1v) is 4.11. The topological polar surface area (TPSA) is 3.24 Å². The van der Waals surface area contributed by atoms with E-state index in [-0.39, 0.29) is 12.5 Å². The summed E-state index contributed by atoms with van der Waals surface area (Å²) < 4.78 is 25.6. The minimum atomic E-state index is -2.35. The van der Waals surface area contributed by atoms with Gasteiger partial charge in [-0.25, -0.2) is 8.78 Å². The smallest absolute Gasteiger partial charge is 0.257 e. The molecule has 11 heavy (non-hydrogen) atoms. The van der Waals surface area contributed by atoms with Crippen LogP contribution in [0.25, 0.3) is 0 Å². The largest absolute Gasteiger partial charge is 0.302 e. The molecule has 1 heterocycles. The van der Waals surface area contributed by atoms with E-state index in [4.69, 9.17) is 0 Å². The standard InChI is InChI=1S/C8H13F2N/c1-3-6-7(5-11(6)2)4-8(7,9)10/h6H,3-5H2,1-2H3. The quantitative estimate of drug-likeness (QED) is 0.566. The Morgan fingerprint density at radius 3 is 2.27 bits per heavy atom. The van der Waals surface area contributed by atoms with Crippen LogP contribution < -0.4 is 0 Å². The molecular weight excluding hydrogens is 148 g/mol. The first-order valence-electron chi connectivity index (χ1n) is 4.11. The molecule has 3 heteroatoms. The van der Waals surface area contributed by atoms with E-state index in [2.05, 4.69) is 0 Å². The molecule has 2 rings (SSSR count). The predicted molar refractivity (Wildman–Crippen MR) is 38.7 cm³/mol. The molecular formula is C8H13F2N. The van der Waals surface area contributed by atoms with E-state index in [9.17, 15) is 8.78 Å². The fourth-order valence-corrected chi connectivity index (χ4v) is 2.56. The number of hydrogen-bond donors (Lipinski definition) is 0. The van der Waals surface area contributed by atoms with Gasteiger partial charge in [0.05, 0.1) is 5.41 Å². The second kappa shape index (κ2) is 1.76. The lowest BCUT2D eigenvalue weighted by atomic mass is 9.83. The van der Waals surface area contributed by atoms with Gasteiger partial charge in [-0.15, -0.1) is 0 Å². The average molecular weight is 161 g/mol. The maximum atomic E-state index is 12.8. The number of rotatable bonds is 1. The second-order valence-electron chi connectivity index (χ2n) is 3.88. The summed E-state index contributed by atoms with van der Waals surface area (Å²) in [6.07, 6.45) is 0.981. The van der Waals surface area contributed by atoms with Crippen LogP contribution in [0.2, 0.25) is 0 Å². The van der Waals surface area contributed by atoms with Crippen molar-refractivity contribution in [2.75, 3.05) is 13.6 Å². The summed E-state index contributed by atoms with van der Waals surface area (Å²) in [6, 6.07) is 0.137. The molecule has 1 saturated carbocycles. The van der Waals surface area contributed by atoms with Crippen LogP contribution in [0, 0.1) is 5.41 Å². The zero-order valence-corrected chi connectivity index (χ0v) is 6.90. The van der Waals surface area contributed by atoms with E-state index in [1.807, 2.05) is 18.9 Å². The third-order valence-electron chi connectivity index (χ3n) is 3.23. The van der Waals surface area contributed by atoms with Gasteiger partial charge in [0.25, 0.3) is 5.92 Å². The zero-order chi connectivity index (χ0) is 8.28. The van der Waals surface area contributed by atoms with Crippen molar-refractivity contribution in [3.63, 3.8) is 0 Å². The molecule has 1 spiro atoms. The molecule has 1 aliphatic heterocycles. The van der Waals surface area contributed by atoms with Crippen LogP contribution in [0.5, 0.6) is 0 Å². The number of nitrogens with zero attached hydrogens (tertiary/aromatic N) is 1. The fraction of sp³-hybridized carbons (Fsp3) is 1.00. The molecule has 2 atom stereocenters. The first kappa shape index (κ1) is 7.47. The van der Waals surface area contributed by atoms with Crippen molar-refractivity contribution >= 4 is 0 Å². The van der Waals surface area contributed by atoms with Crippen molar-refractivity contribution < 1.29 is 8.78 Å². The van der Waals surface area contributed by atoms with Crippen molar-refractivity contribution in [3.8, 4) is 0 Å². The van der Waals surface area contributed by atoms with Gasteiger partial charge in [-0.05, 0) is 13.5 Å². The highest BCUT2D eigenvalue weighted by Crippen LogP contribution is 2.68. The van der Waals surface area contributed by atoms with Crippen molar-refractivity contribution in [2.45, 2.75) is 31.7 Å². The van der Waals surface area contributed by atoms with E-state index < -0.39 is 11.3 Å². The molecule has 64 valence electrons. The second-order valence-corrected chi connectivity index (χ2v) is 3.88. The van der Waals surface area contributed by atoms with Crippen molar-refractivity contribution in [1.29, 1.82) is 0 Å². The van der Waals surface area contributed by atoms with Gasteiger partial charge in [-0.2, -0.15) is 0 Å². The summed E-state index contributed by atoms with van der Waals surface area (Å²) in [5, 5.41) is 0. The Balaban J connectivity index is 2.10. The minimum absolute atomic E-state index is 0.128. The van der Waals surface area contributed by atoms with E-state index >= 15 is 0 Å². The van der Waals surface area contributed by atoms with Crippen LogP contribution in [0.3, 0.4) is 0 Å². The lowest BCUT2D eigenvalue weighted by molar-refractivity contribution is -0.0645.